The van der Waals surface area contributed by atoms with Crippen molar-refractivity contribution in [2.75, 3.05) is 47.1 Å². The smallest absolute Gasteiger partial charge is 0.254 e. The highest BCUT2D eigenvalue weighted by molar-refractivity contribution is 5.97. The lowest BCUT2D eigenvalue weighted by atomic mass is 9.88. The van der Waals surface area contributed by atoms with E-state index in [1.165, 1.54) is 32.4 Å². The molecule has 1 aromatic carbocycles. The van der Waals surface area contributed by atoms with Gasteiger partial charge in [0.05, 0.1) is 12.2 Å². The number of carbonyl (C=O) groups excluding carboxylic acids is 3. The van der Waals surface area contributed by atoms with E-state index in [2.05, 4.69) is 10.6 Å². The third kappa shape index (κ3) is 6.50. The van der Waals surface area contributed by atoms with Gasteiger partial charge < -0.3 is 25.0 Å². The average Bonchev–Trinajstić information content (AvgIpc) is 2.72. The molecule has 1 heterocycles. The Balaban J connectivity index is 2.07. The van der Waals surface area contributed by atoms with Crippen LogP contribution in [0, 0.1) is 11.7 Å². The summed E-state index contributed by atoms with van der Waals surface area (Å²) in [6.07, 6.45) is 1.07. The van der Waals surface area contributed by atoms with E-state index < -0.39 is 17.8 Å². The number of rotatable bonds is 9. The number of benzene rings is 1. The summed E-state index contributed by atoms with van der Waals surface area (Å²) in [5.74, 6) is -1.94. The fourth-order valence-corrected chi connectivity index (χ4v) is 3.35. The summed E-state index contributed by atoms with van der Waals surface area (Å²) < 4.78 is 23.8. The van der Waals surface area contributed by atoms with Gasteiger partial charge in [-0.2, -0.15) is 0 Å². The van der Waals surface area contributed by atoms with Gasteiger partial charge in [-0.15, -0.1) is 0 Å². The number of carbonyl (C=O) groups is 3. The summed E-state index contributed by atoms with van der Waals surface area (Å²) >= 11 is 0. The van der Waals surface area contributed by atoms with Crippen LogP contribution < -0.4 is 10.6 Å². The number of likely N-dealkylation sites (tertiary alicyclic amines) is 1. The number of nitrogens with one attached hydrogen (secondary N) is 2. The topological polar surface area (TPSA) is 97.0 Å². The Bertz CT molecular complexity index is 707. The van der Waals surface area contributed by atoms with Crippen LogP contribution in [-0.4, -0.2) is 75.7 Å². The first kappa shape index (κ1) is 22.8. The molecule has 0 aliphatic carbocycles. The minimum atomic E-state index is -0.835. The van der Waals surface area contributed by atoms with Crippen LogP contribution in [0.5, 0.6) is 0 Å². The maximum atomic E-state index is 14.0. The van der Waals surface area contributed by atoms with Gasteiger partial charge in [-0.1, -0.05) is 12.1 Å². The molecule has 0 bridgehead atoms. The van der Waals surface area contributed by atoms with Crippen LogP contribution in [0.4, 0.5) is 4.39 Å². The highest BCUT2D eigenvalue weighted by Gasteiger charge is 2.34. The second-order valence-electron chi connectivity index (χ2n) is 6.87. The second-order valence-corrected chi connectivity index (χ2v) is 6.87. The van der Waals surface area contributed by atoms with Crippen molar-refractivity contribution >= 4 is 17.7 Å². The summed E-state index contributed by atoms with van der Waals surface area (Å²) in [7, 11) is 2.99. The molecule has 9 heteroatoms. The molecule has 0 saturated carbocycles. The number of hydrogen-bond donors (Lipinski definition) is 2. The Morgan fingerprint density at radius 3 is 2.48 bits per heavy atom. The van der Waals surface area contributed by atoms with E-state index in [1.807, 2.05) is 0 Å². The highest BCUT2D eigenvalue weighted by atomic mass is 19.1. The molecule has 0 unspecified atom stereocenters. The van der Waals surface area contributed by atoms with Gasteiger partial charge in [-0.25, -0.2) is 4.39 Å². The zero-order valence-electron chi connectivity index (χ0n) is 16.8. The van der Waals surface area contributed by atoms with Crippen LogP contribution in [0.1, 0.15) is 23.2 Å². The quantitative estimate of drug-likeness (QED) is 0.582. The Hall–Kier alpha value is -2.52. The molecule has 1 fully saturated rings. The molecule has 0 aromatic heterocycles. The number of hydrogen-bond acceptors (Lipinski definition) is 5. The van der Waals surface area contributed by atoms with Gasteiger partial charge in [0.15, 0.2) is 0 Å². The van der Waals surface area contributed by atoms with E-state index in [9.17, 15) is 18.8 Å². The molecule has 3 amide bonds. The molecule has 1 saturated heterocycles. The van der Waals surface area contributed by atoms with Gasteiger partial charge in [-0.3, -0.25) is 14.4 Å². The number of nitrogens with zero attached hydrogens (tertiary/aromatic N) is 1. The molecular weight excluding hydrogens is 381 g/mol. The van der Waals surface area contributed by atoms with Gasteiger partial charge in [0.25, 0.3) is 5.91 Å². The van der Waals surface area contributed by atoms with E-state index in [4.69, 9.17) is 9.47 Å². The highest BCUT2D eigenvalue weighted by Crippen LogP contribution is 2.22. The van der Waals surface area contributed by atoms with Crippen molar-refractivity contribution in [1.29, 1.82) is 0 Å². The van der Waals surface area contributed by atoms with E-state index >= 15 is 0 Å². The summed E-state index contributed by atoms with van der Waals surface area (Å²) in [5, 5.41) is 5.41. The Morgan fingerprint density at radius 1 is 1.17 bits per heavy atom. The molecule has 1 atom stereocenters. The molecule has 1 aliphatic rings. The predicted molar refractivity (Wildman–Crippen MR) is 104 cm³/mol. The van der Waals surface area contributed by atoms with Crippen molar-refractivity contribution in [2.45, 2.75) is 18.9 Å². The van der Waals surface area contributed by atoms with Crippen molar-refractivity contribution < 1.29 is 28.2 Å². The van der Waals surface area contributed by atoms with Gasteiger partial charge in [-0.05, 0) is 30.9 Å². The fraction of sp³-hybridized carbons (Fsp3) is 0.550. The van der Waals surface area contributed by atoms with Crippen LogP contribution in [0.3, 0.4) is 0 Å². The standard InChI is InChI=1S/C20H28FN3O5/c1-28-12-9-22-20(27)18(23-19(26)15-5-3-4-6-16(15)21)14-7-10-24(11-8-14)17(25)13-29-2/h3-6,14,18H,7-13H2,1-2H3,(H,22,27)(H,23,26)/t18-/m1/s1. The first-order chi connectivity index (χ1) is 14.0. The lowest BCUT2D eigenvalue weighted by Gasteiger charge is -2.35. The number of halogens is 1. The Kier molecular flexibility index (Phi) is 9.01. The normalized spacial score (nSPS) is 15.6. The Morgan fingerprint density at radius 2 is 1.86 bits per heavy atom. The molecule has 29 heavy (non-hydrogen) atoms. The van der Waals surface area contributed by atoms with Gasteiger partial charge in [0.1, 0.15) is 18.5 Å². The number of amides is 3. The predicted octanol–water partition coefficient (Wildman–Crippen LogP) is 0.572. The van der Waals surface area contributed by atoms with E-state index in [1.54, 1.807) is 11.0 Å². The van der Waals surface area contributed by atoms with Gasteiger partial charge in [0, 0.05) is 33.9 Å². The minimum absolute atomic E-state index is 0.00954. The number of ether oxygens (including phenoxy) is 2. The molecule has 1 aromatic rings. The molecule has 0 radical (unpaired) electrons. The first-order valence-electron chi connectivity index (χ1n) is 9.56. The van der Waals surface area contributed by atoms with Gasteiger partial charge in [0.2, 0.25) is 11.8 Å². The van der Waals surface area contributed by atoms with Crippen molar-refractivity contribution in [3.8, 4) is 0 Å². The van der Waals surface area contributed by atoms with E-state index in [0.29, 0.717) is 39.1 Å². The zero-order valence-corrected chi connectivity index (χ0v) is 16.8. The largest absolute Gasteiger partial charge is 0.383 e. The summed E-state index contributed by atoms with van der Waals surface area (Å²) in [6, 6.07) is 4.79. The molecule has 2 N–H and O–H groups in total. The number of methoxy groups -OCH3 is 2. The maximum Gasteiger partial charge on any atom is 0.254 e. The third-order valence-corrected chi connectivity index (χ3v) is 4.92. The molecule has 2 rings (SSSR count). The van der Waals surface area contributed by atoms with Crippen molar-refractivity contribution in [3.05, 3.63) is 35.6 Å². The lowest BCUT2D eigenvalue weighted by molar-refractivity contribution is -0.136. The number of piperidine rings is 1. The molecule has 160 valence electrons. The summed E-state index contributed by atoms with van der Waals surface area (Å²) in [6.45, 7) is 1.57. The molecule has 1 aliphatic heterocycles. The van der Waals surface area contributed by atoms with E-state index in [-0.39, 0.29) is 29.9 Å². The lowest BCUT2D eigenvalue weighted by Crippen LogP contribution is -2.54. The monoisotopic (exact) mass is 409 g/mol. The summed E-state index contributed by atoms with van der Waals surface area (Å²) in [4.78, 5) is 38.9. The first-order valence-corrected chi connectivity index (χ1v) is 9.56. The third-order valence-electron chi connectivity index (χ3n) is 4.92. The maximum absolute atomic E-state index is 14.0. The van der Waals surface area contributed by atoms with Gasteiger partial charge >= 0.3 is 0 Å². The van der Waals surface area contributed by atoms with Crippen LogP contribution in [0.15, 0.2) is 24.3 Å². The van der Waals surface area contributed by atoms with Crippen LogP contribution in [-0.2, 0) is 19.1 Å². The van der Waals surface area contributed by atoms with Crippen molar-refractivity contribution in [1.82, 2.24) is 15.5 Å². The van der Waals surface area contributed by atoms with Crippen molar-refractivity contribution in [3.63, 3.8) is 0 Å². The SMILES string of the molecule is COCCNC(=O)[C@H](NC(=O)c1ccccc1F)C1CCN(C(=O)COC)CC1. The van der Waals surface area contributed by atoms with Crippen LogP contribution >= 0.6 is 0 Å². The van der Waals surface area contributed by atoms with Crippen LogP contribution in [0.25, 0.3) is 0 Å². The summed E-state index contributed by atoms with van der Waals surface area (Å²) in [5.41, 5.74) is -0.116. The second kappa shape index (κ2) is 11.5. The minimum Gasteiger partial charge on any atom is -0.383 e. The Labute approximate surface area is 169 Å². The van der Waals surface area contributed by atoms with E-state index in [0.717, 1.165) is 0 Å². The van der Waals surface area contributed by atoms with Crippen molar-refractivity contribution in [2.24, 2.45) is 5.92 Å². The molecule has 8 nitrogen and oxygen atoms in total. The fourth-order valence-electron chi connectivity index (χ4n) is 3.35. The molecule has 0 spiro atoms. The van der Waals surface area contributed by atoms with Crippen LogP contribution in [0.2, 0.25) is 0 Å². The zero-order chi connectivity index (χ0) is 21.2. The average molecular weight is 409 g/mol. The molecular formula is C20H28FN3O5.